The molecule has 1 aliphatic carbocycles. The molecule has 0 aliphatic heterocycles. The van der Waals surface area contributed by atoms with Crippen LogP contribution in [0.1, 0.15) is 45.6 Å². The number of pyridine rings is 1. The molecule has 0 unspecified atom stereocenters. The number of aryl methyl sites for hydroxylation is 3. The minimum Gasteiger partial charge on any atom is -0.433 e. The number of para-hydroxylation sites is 1. The number of nitrogens with zero attached hydrogens (tertiary/aromatic N) is 4. The van der Waals surface area contributed by atoms with Gasteiger partial charge in [-0.1, -0.05) is 6.07 Å². The molecule has 5 aromatic rings. The number of aromatic amines is 1. The first kappa shape index (κ1) is 29.4. The number of nitrogens with one attached hydrogen (secondary N) is 1. The van der Waals surface area contributed by atoms with E-state index in [0.29, 0.717) is 41.6 Å². The summed E-state index contributed by atoms with van der Waals surface area (Å²) in [7, 11) is 0. The number of ketones is 1. The number of benzene rings is 2. The normalized spacial score (nSPS) is 12.8. The highest BCUT2D eigenvalue weighted by atomic mass is 19.1. The second-order valence-electron chi connectivity index (χ2n) is 10.6. The van der Waals surface area contributed by atoms with Crippen molar-refractivity contribution < 1.29 is 22.7 Å². The standard InChI is InChI=1S/C32H25F3N6O4/c1-16-9-28(45-30-22(33)7-4-8-23(30)34)37-15-26(16)41-31(36)21(14-38-41)29(43)19-6-3-5-18-13-25(24(35)12-20(18)11-19)40-17(2)10-27(42)39-32(40)44/h4,7-15H,3,5-6,36H2,1-2H3,(H,39,42,44). The lowest BCUT2D eigenvalue weighted by molar-refractivity contribution is 0.103. The summed E-state index contributed by atoms with van der Waals surface area (Å²) in [6, 6.07) is 8.84. The molecule has 2 aromatic carbocycles. The van der Waals surface area contributed by atoms with Gasteiger partial charge in [0.2, 0.25) is 11.6 Å². The Kier molecular flexibility index (Phi) is 7.44. The van der Waals surface area contributed by atoms with Crippen molar-refractivity contribution in [2.75, 3.05) is 5.73 Å². The zero-order valence-corrected chi connectivity index (χ0v) is 24.0. The van der Waals surface area contributed by atoms with Crippen LogP contribution in [0.4, 0.5) is 19.0 Å². The van der Waals surface area contributed by atoms with Crippen LogP contribution < -0.4 is 21.7 Å². The van der Waals surface area contributed by atoms with E-state index < -0.39 is 34.5 Å². The Labute approximate surface area is 253 Å². The molecule has 3 aromatic heterocycles. The van der Waals surface area contributed by atoms with Crippen molar-refractivity contribution in [2.45, 2.75) is 33.1 Å². The molecule has 6 rings (SSSR count). The van der Waals surface area contributed by atoms with Crippen LogP contribution in [0.5, 0.6) is 11.6 Å². The van der Waals surface area contributed by atoms with E-state index in [0.717, 1.165) is 22.3 Å². The third-order valence-electron chi connectivity index (χ3n) is 7.55. The van der Waals surface area contributed by atoms with E-state index in [2.05, 4.69) is 15.1 Å². The van der Waals surface area contributed by atoms with Gasteiger partial charge in [-0.05, 0) is 80.1 Å². The molecular weight excluding hydrogens is 589 g/mol. The monoisotopic (exact) mass is 614 g/mol. The number of aromatic nitrogens is 5. The summed E-state index contributed by atoms with van der Waals surface area (Å²) in [6.45, 7) is 3.23. The molecule has 0 spiro atoms. The summed E-state index contributed by atoms with van der Waals surface area (Å²) >= 11 is 0. The third-order valence-corrected chi connectivity index (χ3v) is 7.55. The molecule has 3 N–H and O–H groups in total. The zero-order valence-electron chi connectivity index (χ0n) is 24.0. The number of rotatable bonds is 6. The molecule has 228 valence electrons. The molecule has 0 amide bonds. The minimum atomic E-state index is -0.879. The number of Topliss-reactive ketones (excluding diaryl/α,β-unsaturated/α-hetero) is 1. The Balaban J connectivity index is 1.29. The van der Waals surface area contributed by atoms with Gasteiger partial charge >= 0.3 is 5.69 Å². The van der Waals surface area contributed by atoms with Crippen molar-refractivity contribution in [3.05, 3.63) is 127 Å². The van der Waals surface area contributed by atoms with E-state index in [1.54, 1.807) is 19.1 Å². The number of ether oxygens (including phenoxy) is 1. The lowest BCUT2D eigenvalue weighted by atomic mass is 10.0. The summed E-state index contributed by atoms with van der Waals surface area (Å²) in [4.78, 5) is 44.0. The van der Waals surface area contributed by atoms with Crippen LogP contribution in [-0.2, 0) is 6.42 Å². The highest BCUT2D eigenvalue weighted by Gasteiger charge is 2.24. The molecule has 0 atom stereocenters. The molecule has 0 fully saturated rings. The van der Waals surface area contributed by atoms with Crippen LogP contribution in [-0.4, -0.2) is 30.1 Å². The van der Waals surface area contributed by atoms with Crippen LogP contribution in [0.3, 0.4) is 0 Å². The second kappa shape index (κ2) is 11.4. The van der Waals surface area contributed by atoms with E-state index in [-0.39, 0.29) is 34.4 Å². The highest BCUT2D eigenvalue weighted by Crippen LogP contribution is 2.32. The minimum absolute atomic E-state index is 0.000586. The molecule has 0 saturated carbocycles. The first-order chi connectivity index (χ1) is 21.5. The third kappa shape index (κ3) is 5.44. The van der Waals surface area contributed by atoms with Gasteiger partial charge in [0.15, 0.2) is 17.4 Å². The average molecular weight is 615 g/mol. The smallest absolute Gasteiger partial charge is 0.333 e. The van der Waals surface area contributed by atoms with Gasteiger partial charge in [-0.2, -0.15) is 5.10 Å². The molecule has 45 heavy (non-hydrogen) atoms. The molecule has 0 radical (unpaired) electrons. The fourth-order valence-electron chi connectivity index (χ4n) is 5.35. The Morgan fingerprint density at radius 1 is 0.978 bits per heavy atom. The van der Waals surface area contributed by atoms with E-state index in [4.69, 9.17) is 10.5 Å². The number of nitrogens with two attached hydrogens (primary N) is 1. The molecule has 0 bridgehead atoms. The zero-order chi connectivity index (χ0) is 32.0. The number of anilines is 1. The topological polar surface area (TPSA) is 138 Å². The van der Waals surface area contributed by atoms with Gasteiger partial charge in [0.1, 0.15) is 11.6 Å². The Bertz CT molecular complexity index is 2150. The molecule has 1 aliphatic rings. The Hall–Kier alpha value is -5.72. The van der Waals surface area contributed by atoms with E-state index >= 15 is 4.39 Å². The quantitative estimate of drug-likeness (QED) is 0.253. The number of hydrogen-bond acceptors (Lipinski definition) is 7. The van der Waals surface area contributed by atoms with Crippen LogP contribution in [0, 0.1) is 31.3 Å². The lowest BCUT2D eigenvalue weighted by Crippen LogP contribution is -2.30. The van der Waals surface area contributed by atoms with Crippen LogP contribution in [0.25, 0.3) is 17.5 Å². The summed E-state index contributed by atoms with van der Waals surface area (Å²) in [5.74, 6) is -3.44. The summed E-state index contributed by atoms with van der Waals surface area (Å²) < 4.78 is 51.1. The van der Waals surface area contributed by atoms with Gasteiger partial charge in [-0.15, -0.1) is 0 Å². The summed E-state index contributed by atoms with van der Waals surface area (Å²) in [6.07, 6.45) is 5.76. The SMILES string of the molecule is Cc1cc(Oc2c(F)cccc2F)ncc1-n1ncc(C(=O)C2=Cc3cc(F)c(-n4c(C)cc(=O)[nH]c4=O)cc3CCC2)c1N. The first-order valence-corrected chi connectivity index (χ1v) is 13.8. The maximum atomic E-state index is 15.3. The van der Waals surface area contributed by atoms with Crippen molar-refractivity contribution in [1.29, 1.82) is 0 Å². The van der Waals surface area contributed by atoms with E-state index in [9.17, 15) is 23.2 Å². The molecule has 13 heteroatoms. The van der Waals surface area contributed by atoms with Crippen molar-refractivity contribution in [3.63, 3.8) is 0 Å². The van der Waals surface area contributed by atoms with Crippen molar-refractivity contribution in [2.24, 2.45) is 0 Å². The first-order valence-electron chi connectivity index (χ1n) is 13.8. The maximum Gasteiger partial charge on any atom is 0.333 e. The predicted octanol–water partition coefficient (Wildman–Crippen LogP) is 5.12. The molecule has 0 saturated heterocycles. The average Bonchev–Trinajstić information content (AvgIpc) is 3.23. The maximum absolute atomic E-state index is 15.3. The number of allylic oxidation sites excluding steroid dienone is 1. The Morgan fingerprint density at radius 2 is 1.73 bits per heavy atom. The van der Waals surface area contributed by atoms with Crippen LogP contribution in [0.15, 0.2) is 70.0 Å². The van der Waals surface area contributed by atoms with Gasteiger partial charge in [0, 0.05) is 23.4 Å². The number of fused-ring (bicyclic) bond motifs is 1. The van der Waals surface area contributed by atoms with Gasteiger partial charge in [0.25, 0.3) is 5.56 Å². The van der Waals surface area contributed by atoms with E-state index in [1.165, 1.54) is 48.3 Å². The number of H-pyrrole nitrogens is 1. The fourth-order valence-corrected chi connectivity index (χ4v) is 5.35. The molecule has 10 nitrogen and oxygen atoms in total. The van der Waals surface area contributed by atoms with Crippen molar-refractivity contribution in [3.8, 4) is 23.0 Å². The van der Waals surface area contributed by atoms with Crippen LogP contribution in [0.2, 0.25) is 0 Å². The number of nitrogen functional groups attached to an aromatic ring is 1. The summed E-state index contributed by atoms with van der Waals surface area (Å²) in [5, 5.41) is 4.28. The van der Waals surface area contributed by atoms with Crippen molar-refractivity contribution >= 4 is 17.7 Å². The number of carbonyl (C=O) groups excluding carboxylic acids is 1. The summed E-state index contributed by atoms with van der Waals surface area (Å²) in [5.41, 5.74) is 8.03. The predicted molar refractivity (Wildman–Crippen MR) is 160 cm³/mol. The van der Waals surface area contributed by atoms with Gasteiger partial charge in [0.05, 0.1) is 29.3 Å². The number of hydrogen-bond donors (Lipinski definition) is 2. The Morgan fingerprint density at radius 3 is 2.44 bits per heavy atom. The van der Waals surface area contributed by atoms with Gasteiger partial charge in [-0.3, -0.25) is 19.1 Å². The van der Waals surface area contributed by atoms with Gasteiger partial charge < -0.3 is 10.5 Å². The van der Waals surface area contributed by atoms with Crippen molar-refractivity contribution in [1.82, 2.24) is 24.3 Å². The molecular formula is C32H25F3N6O4. The largest absolute Gasteiger partial charge is 0.433 e. The number of halogens is 3. The molecule has 3 heterocycles. The second-order valence-corrected chi connectivity index (χ2v) is 10.6. The number of carbonyl (C=O) groups is 1. The fraction of sp³-hybridized carbons (Fsp3) is 0.156. The van der Waals surface area contributed by atoms with E-state index in [1.807, 2.05) is 0 Å². The van der Waals surface area contributed by atoms with Gasteiger partial charge in [-0.25, -0.2) is 27.6 Å². The lowest BCUT2D eigenvalue weighted by Gasteiger charge is -2.13. The van der Waals surface area contributed by atoms with Crippen LogP contribution >= 0.6 is 0 Å². The highest BCUT2D eigenvalue weighted by molar-refractivity contribution is 6.14.